The number of nitrogens with zero attached hydrogens (tertiary/aromatic N) is 2. The molecule has 0 atom stereocenters. The van der Waals surface area contributed by atoms with Crippen molar-refractivity contribution < 1.29 is 13.2 Å². The molecule has 1 saturated carbocycles. The average Bonchev–Trinajstić information content (AvgIpc) is 3.23. The van der Waals surface area contributed by atoms with Crippen molar-refractivity contribution in [3.05, 3.63) is 29.8 Å². The van der Waals surface area contributed by atoms with Gasteiger partial charge in [-0.15, -0.1) is 0 Å². The van der Waals surface area contributed by atoms with Crippen molar-refractivity contribution in [1.82, 2.24) is 4.31 Å². The van der Waals surface area contributed by atoms with Gasteiger partial charge in [0.1, 0.15) is 0 Å². The molecule has 0 bridgehead atoms. The molecule has 7 heteroatoms. The molecule has 1 aliphatic rings. The van der Waals surface area contributed by atoms with Crippen molar-refractivity contribution in [3.8, 4) is 6.07 Å². The number of primary amides is 1. The molecule has 6 nitrogen and oxygen atoms in total. The molecule has 106 valence electrons. The zero-order valence-corrected chi connectivity index (χ0v) is 11.6. The van der Waals surface area contributed by atoms with E-state index in [9.17, 15) is 13.2 Å². The van der Waals surface area contributed by atoms with Crippen LogP contribution < -0.4 is 5.73 Å². The van der Waals surface area contributed by atoms with E-state index >= 15 is 0 Å². The first kappa shape index (κ1) is 14.5. The van der Waals surface area contributed by atoms with Crippen LogP contribution in [0.1, 0.15) is 29.6 Å². The second-order valence-corrected chi connectivity index (χ2v) is 6.53. The van der Waals surface area contributed by atoms with Crippen LogP contribution in [0.3, 0.4) is 0 Å². The Hall–Kier alpha value is -1.91. The summed E-state index contributed by atoms with van der Waals surface area (Å²) < 4.78 is 26.4. The number of nitriles is 1. The lowest BCUT2D eigenvalue weighted by atomic mass is 10.2. The minimum Gasteiger partial charge on any atom is -0.366 e. The number of nitrogens with two attached hydrogens (primary N) is 1. The number of hydrogen-bond acceptors (Lipinski definition) is 4. The summed E-state index contributed by atoms with van der Waals surface area (Å²) in [5.41, 5.74) is 5.38. The first-order valence-electron chi connectivity index (χ1n) is 6.25. The molecule has 0 radical (unpaired) electrons. The molecule has 2 N–H and O–H groups in total. The maximum Gasteiger partial charge on any atom is 0.248 e. The van der Waals surface area contributed by atoms with E-state index in [1.54, 1.807) is 0 Å². The Balaban J connectivity index is 2.27. The van der Waals surface area contributed by atoms with E-state index in [2.05, 4.69) is 0 Å². The van der Waals surface area contributed by atoms with Crippen LogP contribution in [0.2, 0.25) is 0 Å². The van der Waals surface area contributed by atoms with Gasteiger partial charge in [0.25, 0.3) is 0 Å². The third-order valence-electron chi connectivity index (χ3n) is 3.14. The van der Waals surface area contributed by atoms with Crippen LogP contribution >= 0.6 is 0 Å². The van der Waals surface area contributed by atoms with Gasteiger partial charge in [-0.3, -0.25) is 4.79 Å². The van der Waals surface area contributed by atoms with Crippen LogP contribution in [0.25, 0.3) is 0 Å². The summed E-state index contributed by atoms with van der Waals surface area (Å²) in [5, 5.41) is 8.63. The zero-order chi connectivity index (χ0) is 14.8. The van der Waals surface area contributed by atoms with E-state index in [1.165, 1.54) is 28.6 Å². The Morgan fingerprint density at radius 3 is 2.40 bits per heavy atom. The Morgan fingerprint density at radius 2 is 1.95 bits per heavy atom. The van der Waals surface area contributed by atoms with Gasteiger partial charge in [-0.2, -0.15) is 9.57 Å². The molecule has 1 amide bonds. The largest absolute Gasteiger partial charge is 0.366 e. The van der Waals surface area contributed by atoms with Gasteiger partial charge in [-0.1, -0.05) is 0 Å². The standard InChI is InChI=1S/C13H15N3O3S/c14-8-1-9-16(11-4-5-11)20(18,19)12-6-2-10(3-7-12)13(15)17/h2-3,6-7,11H,1,4-5,9H2,(H2,15,17). The highest BCUT2D eigenvalue weighted by Crippen LogP contribution is 2.32. The topological polar surface area (TPSA) is 104 Å². The number of rotatable bonds is 6. The van der Waals surface area contributed by atoms with Gasteiger partial charge in [0.15, 0.2) is 0 Å². The van der Waals surface area contributed by atoms with Crippen LogP contribution in [-0.2, 0) is 10.0 Å². The summed E-state index contributed by atoms with van der Waals surface area (Å²) in [6.45, 7) is 0.196. The number of amides is 1. The highest BCUT2D eigenvalue weighted by atomic mass is 32.2. The first-order chi connectivity index (χ1) is 9.46. The molecule has 1 aliphatic carbocycles. The zero-order valence-electron chi connectivity index (χ0n) is 10.8. The monoisotopic (exact) mass is 293 g/mol. The lowest BCUT2D eigenvalue weighted by molar-refractivity contribution is 0.1000. The van der Waals surface area contributed by atoms with Crippen molar-refractivity contribution in [1.29, 1.82) is 5.26 Å². The maximum absolute atomic E-state index is 12.5. The lowest BCUT2D eigenvalue weighted by Gasteiger charge is -2.20. The molecule has 0 aliphatic heterocycles. The first-order valence-corrected chi connectivity index (χ1v) is 7.69. The molecule has 20 heavy (non-hydrogen) atoms. The van der Waals surface area contributed by atoms with E-state index < -0.39 is 15.9 Å². The quantitative estimate of drug-likeness (QED) is 0.839. The molecule has 0 spiro atoms. The summed E-state index contributed by atoms with van der Waals surface area (Å²) in [7, 11) is -3.62. The number of sulfonamides is 1. The summed E-state index contributed by atoms with van der Waals surface area (Å²) in [6.07, 6.45) is 1.81. The number of benzene rings is 1. The molecule has 0 aromatic heterocycles. The summed E-state index contributed by atoms with van der Waals surface area (Å²) in [6, 6.07) is 7.48. The minimum atomic E-state index is -3.62. The molecule has 1 aromatic rings. The van der Waals surface area contributed by atoms with Crippen molar-refractivity contribution in [2.24, 2.45) is 5.73 Å². The van der Waals surface area contributed by atoms with Crippen LogP contribution in [0.4, 0.5) is 0 Å². The molecule has 0 heterocycles. The van der Waals surface area contributed by atoms with E-state index in [0.717, 1.165) is 12.8 Å². The number of carbonyl (C=O) groups is 1. The number of hydrogen-bond donors (Lipinski definition) is 1. The minimum absolute atomic E-state index is 0.0100. The molecular formula is C13H15N3O3S. The summed E-state index contributed by atoms with van der Waals surface area (Å²) >= 11 is 0. The van der Waals surface area contributed by atoms with Gasteiger partial charge in [0.2, 0.25) is 15.9 Å². The Morgan fingerprint density at radius 1 is 1.35 bits per heavy atom. The highest BCUT2D eigenvalue weighted by Gasteiger charge is 2.37. The Labute approximate surface area is 117 Å². The third-order valence-corrected chi connectivity index (χ3v) is 5.11. The smallest absolute Gasteiger partial charge is 0.248 e. The van der Waals surface area contributed by atoms with Crippen molar-refractivity contribution in [2.75, 3.05) is 6.54 Å². The normalized spacial score (nSPS) is 15.0. The van der Waals surface area contributed by atoms with Crippen molar-refractivity contribution in [2.45, 2.75) is 30.2 Å². The third kappa shape index (κ3) is 2.98. The molecular weight excluding hydrogens is 278 g/mol. The fraction of sp³-hybridized carbons (Fsp3) is 0.385. The van der Waals surface area contributed by atoms with Crippen LogP contribution in [0, 0.1) is 11.3 Å². The Kier molecular flexibility index (Phi) is 4.06. The average molecular weight is 293 g/mol. The fourth-order valence-corrected chi connectivity index (χ4v) is 3.63. The molecule has 0 unspecified atom stereocenters. The highest BCUT2D eigenvalue weighted by molar-refractivity contribution is 7.89. The fourth-order valence-electron chi connectivity index (χ4n) is 1.95. The Bertz CT molecular complexity index is 642. The molecule has 0 saturated heterocycles. The van der Waals surface area contributed by atoms with Gasteiger partial charge in [-0.25, -0.2) is 8.42 Å². The number of carbonyl (C=O) groups excluding carboxylic acids is 1. The maximum atomic E-state index is 12.5. The molecule has 1 aromatic carbocycles. The SMILES string of the molecule is N#CCCN(C1CC1)S(=O)(=O)c1ccc(C(N)=O)cc1. The van der Waals surface area contributed by atoms with Crippen LogP contribution in [0.5, 0.6) is 0 Å². The van der Waals surface area contributed by atoms with Gasteiger partial charge in [-0.05, 0) is 37.1 Å². The lowest BCUT2D eigenvalue weighted by Crippen LogP contribution is -2.34. The van der Waals surface area contributed by atoms with E-state index in [-0.39, 0.29) is 29.5 Å². The van der Waals surface area contributed by atoms with Gasteiger partial charge < -0.3 is 5.73 Å². The van der Waals surface area contributed by atoms with Crippen molar-refractivity contribution >= 4 is 15.9 Å². The van der Waals surface area contributed by atoms with E-state index in [4.69, 9.17) is 11.0 Å². The predicted molar refractivity (Wildman–Crippen MR) is 72.1 cm³/mol. The van der Waals surface area contributed by atoms with Crippen LogP contribution in [-0.4, -0.2) is 31.2 Å². The van der Waals surface area contributed by atoms with E-state index in [1.807, 2.05) is 6.07 Å². The second-order valence-electron chi connectivity index (χ2n) is 4.64. The second kappa shape index (κ2) is 5.61. The van der Waals surface area contributed by atoms with Gasteiger partial charge in [0, 0.05) is 24.6 Å². The van der Waals surface area contributed by atoms with Gasteiger partial charge >= 0.3 is 0 Å². The van der Waals surface area contributed by atoms with Crippen molar-refractivity contribution in [3.63, 3.8) is 0 Å². The predicted octanol–water partition coefficient (Wildman–Crippen LogP) is 0.852. The summed E-state index contributed by atoms with van der Waals surface area (Å²) in [5.74, 6) is -0.600. The van der Waals surface area contributed by atoms with Crippen LogP contribution in [0.15, 0.2) is 29.2 Å². The van der Waals surface area contributed by atoms with E-state index in [0.29, 0.717) is 0 Å². The molecule has 1 fully saturated rings. The van der Waals surface area contributed by atoms with Gasteiger partial charge in [0.05, 0.1) is 11.0 Å². The molecule has 2 rings (SSSR count). The summed E-state index contributed by atoms with van der Waals surface area (Å²) in [4.78, 5) is 11.1.